The number of aromatic nitrogens is 3. The molecule has 1 aliphatic heterocycles. The van der Waals surface area contributed by atoms with Crippen LogP contribution in [0.1, 0.15) is 36.1 Å². The van der Waals surface area contributed by atoms with E-state index in [0.717, 1.165) is 46.9 Å². The van der Waals surface area contributed by atoms with Crippen LogP contribution >= 0.6 is 11.3 Å². The lowest BCUT2D eigenvalue weighted by Gasteiger charge is -2.15. The molecule has 0 aromatic carbocycles. The van der Waals surface area contributed by atoms with E-state index in [1.165, 1.54) is 36.1 Å². The quantitative estimate of drug-likeness (QED) is 0.762. The van der Waals surface area contributed by atoms with Crippen LogP contribution in [0.15, 0.2) is 24.5 Å². The van der Waals surface area contributed by atoms with Crippen LogP contribution in [0.4, 0.5) is 0 Å². The SMILES string of the molecule is c1cc(-c2nc(OCC3CCCN3)c3c4c(sc3n2)CCCC4)ccn1. The number of rotatable bonds is 4. The van der Waals surface area contributed by atoms with Gasteiger partial charge >= 0.3 is 0 Å². The normalized spacial score (nSPS) is 19.6. The molecule has 26 heavy (non-hydrogen) atoms. The predicted octanol–water partition coefficient (Wildman–Crippen LogP) is 3.76. The third-order valence-electron chi connectivity index (χ3n) is 5.30. The molecule has 1 atom stereocenters. The molecule has 0 amide bonds. The molecule has 0 saturated carbocycles. The highest BCUT2D eigenvalue weighted by molar-refractivity contribution is 7.18. The second-order valence-electron chi connectivity index (χ2n) is 7.08. The minimum atomic E-state index is 0.429. The first-order chi connectivity index (χ1) is 12.9. The highest BCUT2D eigenvalue weighted by Gasteiger charge is 2.23. The smallest absolute Gasteiger partial charge is 0.226 e. The Bertz CT molecular complexity index is 918. The van der Waals surface area contributed by atoms with Gasteiger partial charge in [0.15, 0.2) is 5.82 Å². The zero-order valence-electron chi connectivity index (χ0n) is 14.7. The minimum Gasteiger partial charge on any atom is -0.475 e. The van der Waals surface area contributed by atoms with E-state index in [1.54, 1.807) is 12.4 Å². The van der Waals surface area contributed by atoms with Gasteiger partial charge in [-0.25, -0.2) is 4.98 Å². The van der Waals surface area contributed by atoms with Gasteiger partial charge in [-0.1, -0.05) is 0 Å². The molecule has 3 aromatic heterocycles. The molecule has 3 aromatic rings. The molecule has 0 radical (unpaired) electrons. The van der Waals surface area contributed by atoms with Crippen molar-refractivity contribution in [1.82, 2.24) is 20.3 Å². The van der Waals surface area contributed by atoms with Crippen LogP contribution in [0, 0.1) is 0 Å². The summed E-state index contributed by atoms with van der Waals surface area (Å²) in [6.07, 6.45) is 10.8. The first-order valence-electron chi connectivity index (χ1n) is 9.47. The highest BCUT2D eigenvalue weighted by atomic mass is 32.1. The number of nitrogens with zero attached hydrogens (tertiary/aromatic N) is 3. The van der Waals surface area contributed by atoms with E-state index in [4.69, 9.17) is 14.7 Å². The Morgan fingerprint density at radius 1 is 1.12 bits per heavy atom. The first kappa shape index (κ1) is 16.1. The second-order valence-corrected chi connectivity index (χ2v) is 8.17. The summed E-state index contributed by atoms with van der Waals surface area (Å²) in [6.45, 7) is 1.76. The highest BCUT2D eigenvalue weighted by Crippen LogP contribution is 2.40. The van der Waals surface area contributed by atoms with Gasteiger partial charge in [-0.05, 0) is 62.8 Å². The van der Waals surface area contributed by atoms with Crippen LogP contribution in [-0.4, -0.2) is 34.1 Å². The van der Waals surface area contributed by atoms with Crippen molar-refractivity contribution in [2.45, 2.75) is 44.6 Å². The van der Waals surface area contributed by atoms with Gasteiger partial charge in [0.1, 0.15) is 11.4 Å². The Balaban J connectivity index is 1.59. The van der Waals surface area contributed by atoms with E-state index in [-0.39, 0.29) is 0 Å². The van der Waals surface area contributed by atoms with E-state index >= 15 is 0 Å². The lowest BCUT2D eigenvalue weighted by molar-refractivity contribution is 0.271. The molecule has 6 heteroatoms. The molecular formula is C20H22N4OS. The maximum Gasteiger partial charge on any atom is 0.226 e. The summed E-state index contributed by atoms with van der Waals surface area (Å²) in [5.74, 6) is 1.49. The van der Waals surface area contributed by atoms with Crippen molar-refractivity contribution >= 4 is 21.6 Å². The molecule has 1 fully saturated rings. The summed E-state index contributed by atoms with van der Waals surface area (Å²) in [5.41, 5.74) is 2.41. The van der Waals surface area contributed by atoms with Gasteiger partial charge < -0.3 is 10.1 Å². The molecule has 5 rings (SSSR count). The largest absolute Gasteiger partial charge is 0.475 e. The van der Waals surface area contributed by atoms with Crippen molar-refractivity contribution < 1.29 is 4.74 Å². The van der Waals surface area contributed by atoms with E-state index in [0.29, 0.717) is 12.6 Å². The third-order valence-corrected chi connectivity index (χ3v) is 6.49. The van der Waals surface area contributed by atoms with Gasteiger partial charge in [0.2, 0.25) is 5.88 Å². The van der Waals surface area contributed by atoms with Crippen molar-refractivity contribution in [3.63, 3.8) is 0 Å². The van der Waals surface area contributed by atoms with Crippen molar-refractivity contribution in [1.29, 1.82) is 0 Å². The Morgan fingerprint density at radius 3 is 2.85 bits per heavy atom. The predicted molar refractivity (Wildman–Crippen MR) is 104 cm³/mol. The van der Waals surface area contributed by atoms with Crippen LogP contribution < -0.4 is 10.1 Å². The third kappa shape index (κ3) is 2.97. The second kappa shape index (κ2) is 6.93. The molecule has 1 N–H and O–H groups in total. The summed E-state index contributed by atoms with van der Waals surface area (Å²) >= 11 is 1.82. The van der Waals surface area contributed by atoms with Crippen LogP contribution in [0.3, 0.4) is 0 Å². The Labute approximate surface area is 156 Å². The maximum absolute atomic E-state index is 6.27. The van der Waals surface area contributed by atoms with Gasteiger partial charge in [0.05, 0.1) is 5.39 Å². The van der Waals surface area contributed by atoms with Crippen molar-refractivity contribution in [3.05, 3.63) is 35.0 Å². The number of hydrogen-bond donors (Lipinski definition) is 1. The maximum atomic E-state index is 6.27. The standard InChI is InChI=1S/C20H22N4OS/c1-2-6-16-15(5-1)17-19(25-12-14-4-3-9-22-14)23-18(24-20(17)26-16)13-7-10-21-11-8-13/h7-8,10-11,14,22H,1-6,9,12H2. The fraction of sp³-hybridized carbons (Fsp3) is 0.450. The lowest BCUT2D eigenvalue weighted by Crippen LogP contribution is -2.28. The lowest BCUT2D eigenvalue weighted by atomic mass is 9.97. The molecule has 1 unspecified atom stereocenters. The van der Waals surface area contributed by atoms with Crippen molar-refractivity contribution in [3.8, 4) is 17.3 Å². The number of fused-ring (bicyclic) bond motifs is 3. The zero-order chi connectivity index (χ0) is 17.3. The molecule has 0 spiro atoms. The van der Waals surface area contributed by atoms with Crippen LogP contribution in [-0.2, 0) is 12.8 Å². The molecule has 1 aliphatic carbocycles. The fourth-order valence-electron chi connectivity index (χ4n) is 3.94. The molecule has 2 aliphatic rings. The van der Waals surface area contributed by atoms with Gasteiger partial charge in [0, 0.05) is 28.9 Å². The first-order valence-corrected chi connectivity index (χ1v) is 10.3. The summed E-state index contributed by atoms with van der Waals surface area (Å²) in [5, 5.41) is 4.66. The van der Waals surface area contributed by atoms with Gasteiger partial charge in [0.25, 0.3) is 0 Å². The Hall–Kier alpha value is -2.05. The van der Waals surface area contributed by atoms with E-state index < -0.39 is 0 Å². The number of hydrogen-bond acceptors (Lipinski definition) is 6. The molecule has 0 bridgehead atoms. The zero-order valence-corrected chi connectivity index (χ0v) is 15.5. The Morgan fingerprint density at radius 2 is 2.00 bits per heavy atom. The number of ether oxygens (including phenoxy) is 1. The number of pyridine rings is 1. The van der Waals surface area contributed by atoms with Gasteiger partial charge in [-0.3, -0.25) is 4.98 Å². The van der Waals surface area contributed by atoms with Gasteiger partial charge in [-0.2, -0.15) is 4.98 Å². The van der Waals surface area contributed by atoms with Crippen molar-refractivity contribution in [2.75, 3.05) is 13.2 Å². The molecule has 5 nitrogen and oxygen atoms in total. The number of nitrogens with one attached hydrogen (secondary N) is 1. The summed E-state index contributed by atoms with van der Waals surface area (Å²) in [4.78, 5) is 16.3. The molecule has 134 valence electrons. The topological polar surface area (TPSA) is 59.9 Å². The summed E-state index contributed by atoms with van der Waals surface area (Å²) in [6, 6.07) is 4.34. The number of aryl methyl sites for hydroxylation is 2. The minimum absolute atomic E-state index is 0.429. The Kier molecular flexibility index (Phi) is 4.30. The van der Waals surface area contributed by atoms with E-state index in [2.05, 4.69) is 10.3 Å². The summed E-state index contributed by atoms with van der Waals surface area (Å²) in [7, 11) is 0. The average molecular weight is 366 g/mol. The van der Waals surface area contributed by atoms with Crippen molar-refractivity contribution in [2.24, 2.45) is 0 Å². The fourth-order valence-corrected chi connectivity index (χ4v) is 5.19. The molecular weight excluding hydrogens is 344 g/mol. The van der Waals surface area contributed by atoms with Crippen LogP contribution in [0.5, 0.6) is 5.88 Å². The molecule has 4 heterocycles. The van der Waals surface area contributed by atoms with E-state index in [9.17, 15) is 0 Å². The van der Waals surface area contributed by atoms with Gasteiger partial charge in [-0.15, -0.1) is 11.3 Å². The molecule has 1 saturated heterocycles. The average Bonchev–Trinajstić information content (AvgIpc) is 3.34. The number of thiophene rings is 1. The monoisotopic (exact) mass is 366 g/mol. The van der Waals surface area contributed by atoms with Crippen LogP contribution in [0.2, 0.25) is 0 Å². The summed E-state index contributed by atoms with van der Waals surface area (Å²) < 4.78 is 6.27. The van der Waals surface area contributed by atoms with E-state index in [1.807, 2.05) is 23.5 Å². The van der Waals surface area contributed by atoms with Crippen LogP contribution in [0.25, 0.3) is 21.6 Å².